The third-order valence-electron chi connectivity index (χ3n) is 3.55. The van der Waals surface area contributed by atoms with Crippen molar-refractivity contribution in [3.05, 3.63) is 35.9 Å². The first-order chi connectivity index (χ1) is 9.86. The van der Waals surface area contributed by atoms with Crippen molar-refractivity contribution in [2.75, 3.05) is 19.8 Å². The summed E-state index contributed by atoms with van der Waals surface area (Å²) < 4.78 is 10.7. The van der Waals surface area contributed by atoms with E-state index in [0.29, 0.717) is 6.10 Å². The van der Waals surface area contributed by atoms with Crippen LogP contribution in [0.1, 0.15) is 51.5 Å². The second-order valence-electron chi connectivity index (χ2n) is 5.15. The van der Waals surface area contributed by atoms with Crippen LogP contribution in [0.2, 0.25) is 0 Å². The first-order valence-electron chi connectivity index (χ1n) is 8.10. The Bertz CT molecular complexity index is 302. The van der Waals surface area contributed by atoms with Gasteiger partial charge in [0, 0.05) is 13.2 Å². The number of ether oxygens (including phenoxy) is 2. The van der Waals surface area contributed by atoms with Gasteiger partial charge in [-0.2, -0.15) is 0 Å². The molecule has 2 rings (SSSR count). The second kappa shape index (κ2) is 11.9. The van der Waals surface area contributed by atoms with Crippen LogP contribution in [-0.4, -0.2) is 25.9 Å². The lowest BCUT2D eigenvalue weighted by molar-refractivity contribution is 0.0303. The fourth-order valence-corrected chi connectivity index (χ4v) is 2.42. The minimum absolute atomic E-state index is 0.544. The first-order valence-corrected chi connectivity index (χ1v) is 8.10. The largest absolute Gasteiger partial charge is 0.382 e. The summed E-state index contributed by atoms with van der Waals surface area (Å²) in [5.41, 5.74) is 1.38. The predicted molar refractivity (Wildman–Crippen MR) is 85.1 cm³/mol. The smallest absolute Gasteiger partial charge is 0.0575 e. The monoisotopic (exact) mass is 278 g/mol. The fraction of sp³-hybridized carbons (Fsp3) is 0.667. The highest BCUT2D eigenvalue weighted by atomic mass is 16.5. The minimum atomic E-state index is 0.544. The molecule has 0 bridgehead atoms. The summed E-state index contributed by atoms with van der Waals surface area (Å²) in [6.07, 6.45) is 8.26. The summed E-state index contributed by atoms with van der Waals surface area (Å²) >= 11 is 0. The van der Waals surface area contributed by atoms with Gasteiger partial charge in [0.05, 0.1) is 12.7 Å². The summed E-state index contributed by atoms with van der Waals surface area (Å²) in [7, 11) is 0. The molecule has 0 amide bonds. The zero-order chi connectivity index (χ0) is 14.5. The maximum Gasteiger partial charge on any atom is 0.0575 e. The third kappa shape index (κ3) is 8.34. The maximum absolute atomic E-state index is 5.89. The molecule has 20 heavy (non-hydrogen) atoms. The van der Waals surface area contributed by atoms with Crippen LogP contribution in [0.4, 0.5) is 0 Å². The van der Waals surface area contributed by atoms with E-state index in [1.165, 1.54) is 37.7 Å². The maximum atomic E-state index is 5.89. The van der Waals surface area contributed by atoms with Gasteiger partial charge in [0.2, 0.25) is 0 Å². The van der Waals surface area contributed by atoms with E-state index in [2.05, 4.69) is 30.3 Å². The molecule has 0 atom stereocenters. The van der Waals surface area contributed by atoms with E-state index >= 15 is 0 Å². The fourth-order valence-electron chi connectivity index (χ4n) is 2.42. The van der Waals surface area contributed by atoms with E-state index in [1.54, 1.807) is 0 Å². The molecule has 0 radical (unpaired) electrons. The zero-order valence-electron chi connectivity index (χ0n) is 13.1. The Morgan fingerprint density at radius 3 is 2.15 bits per heavy atom. The number of hydrogen-bond acceptors (Lipinski definition) is 2. The third-order valence-corrected chi connectivity index (χ3v) is 3.55. The van der Waals surface area contributed by atoms with Gasteiger partial charge in [-0.1, -0.05) is 49.6 Å². The van der Waals surface area contributed by atoms with E-state index in [0.717, 1.165) is 26.2 Å². The standard InChI is InChI=1S/C14H20O.C4H10O/c1-3-7-13(8-4-1)11-12-15-14-9-5-2-6-10-14;1-3-5-4-2/h1,3-4,7-8,14H,2,5-6,9-12H2;3-4H2,1-2H3. The Kier molecular flexibility index (Phi) is 10.3. The van der Waals surface area contributed by atoms with Gasteiger partial charge >= 0.3 is 0 Å². The second-order valence-corrected chi connectivity index (χ2v) is 5.15. The van der Waals surface area contributed by atoms with Gasteiger partial charge in [0.25, 0.3) is 0 Å². The van der Waals surface area contributed by atoms with Gasteiger partial charge < -0.3 is 9.47 Å². The Morgan fingerprint density at radius 2 is 1.60 bits per heavy atom. The molecular formula is C18H30O2. The summed E-state index contributed by atoms with van der Waals surface area (Å²) in [4.78, 5) is 0. The van der Waals surface area contributed by atoms with E-state index in [9.17, 15) is 0 Å². The van der Waals surface area contributed by atoms with Crippen molar-refractivity contribution in [1.29, 1.82) is 0 Å². The molecule has 1 aromatic carbocycles. The van der Waals surface area contributed by atoms with E-state index < -0.39 is 0 Å². The van der Waals surface area contributed by atoms with Crippen LogP contribution in [0, 0.1) is 0 Å². The lowest BCUT2D eigenvalue weighted by atomic mass is 9.98. The summed E-state index contributed by atoms with van der Waals surface area (Å²) in [6, 6.07) is 10.6. The van der Waals surface area contributed by atoms with Crippen LogP contribution in [0.3, 0.4) is 0 Å². The van der Waals surface area contributed by atoms with Gasteiger partial charge in [0.15, 0.2) is 0 Å². The van der Waals surface area contributed by atoms with Crippen LogP contribution in [0.25, 0.3) is 0 Å². The topological polar surface area (TPSA) is 18.5 Å². The lowest BCUT2D eigenvalue weighted by Crippen LogP contribution is -2.17. The Hall–Kier alpha value is -0.860. The number of rotatable bonds is 6. The normalized spacial score (nSPS) is 15.5. The highest BCUT2D eigenvalue weighted by Crippen LogP contribution is 2.20. The van der Waals surface area contributed by atoms with Crippen LogP contribution in [-0.2, 0) is 15.9 Å². The lowest BCUT2D eigenvalue weighted by Gasteiger charge is -2.21. The predicted octanol–water partition coefficient (Wildman–Crippen LogP) is 4.62. The van der Waals surface area contributed by atoms with E-state index in [4.69, 9.17) is 9.47 Å². The van der Waals surface area contributed by atoms with Gasteiger partial charge in [-0.05, 0) is 38.7 Å². The van der Waals surface area contributed by atoms with Gasteiger partial charge in [-0.25, -0.2) is 0 Å². The average Bonchev–Trinajstić information content (AvgIpc) is 2.51. The molecule has 1 fully saturated rings. The summed E-state index contributed by atoms with van der Waals surface area (Å²) in [5.74, 6) is 0. The molecule has 2 heteroatoms. The Morgan fingerprint density at radius 1 is 0.950 bits per heavy atom. The molecule has 2 nitrogen and oxygen atoms in total. The highest BCUT2D eigenvalue weighted by Gasteiger charge is 2.12. The van der Waals surface area contributed by atoms with Crippen molar-refractivity contribution in [1.82, 2.24) is 0 Å². The van der Waals surface area contributed by atoms with E-state index in [-0.39, 0.29) is 0 Å². The molecule has 1 aromatic rings. The summed E-state index contributed by atoms with van der Waals surface area (Å²) in [5, 5.41) is 0. The molecule has 0 heterocycles. The Labute approximate surface area is 124 Å². The van der Waals surface area contributed by atoms with Crippen LogP contribution >= 0.6 is 0 Å². The first kappa shape index (κ1) is 17.2. The summed E-state index contributed by atoms with van der Waals surface area (Å²) in [6.45, 7) is 6.55. The van der Waals surface area contributed by atoms with Gasteiger partial charge in [-0.3, -0.25) is 0 Å². The molecule has 0 unspecified atom stereocenters. The van der Waals surface area contributed by atoms with Crippen LogP contribution < -0.4 is 0 Å². The van der Waals surface area contributed by atoms with Crippen LogP contribution in [0.5, 0.6) is 0 Å². The zero-order valence-corrected chi connectivity index (χ0v) is 13.1. The van der Waals surface area contributed by atoms with Gasteiger partial charge in [0.1, 0.15) is 0 Å². The highest BCUT2D eigenvalue weighted by molar-refractivity contribution is 5.14. The number of hydrogen-bond donors (Lipinski definition) is 0. The molecule has 0 aromatic heterocycles. The van der Waals surface area contributed by atoms with Crippen molar-refractivity contribution in [3.63, 3.8) is 0 Å². The molecule has 0 aliphatic heterocycles. The molecule has 1 aliphatic carbocycles. The van der Waals surface area contributed by atoms with E-state index in [1.807, 2.05) is 13.8 Å². The van der Waals surface area contributed by atoms with Crippen molar-refractivity contribution in [3.8, 4) is 0 Å². The molecule has 1 aliphatic rings. The van der Waals surface area contributed by atoms with Crippen molar-refractivity contribution in [2.45, 2.75) is 58.5 Å². The van der Waals surface area contributed by atoms with Gasteiger partial charge in [-0.15, -0.1) is 0 Å². The molecular weight excluding hydrogens is 248 g/mol. The van der Waals surface area contributed by atoms with Crippen molar-refractivity contribution < 1.29 is 9.47 Å². The molecule has 0 saturated heterocycles. The van der Waals surface area contributed by atoms with Crippen molar-refractivity contribution in [2.24, 2.45) is 0 Å². The number of benzene rings is 1. The quantitative estimate of drug-likeness (QED) is 0.756. The average molecular weight is 278 g/mol. The molecule has 0 spiro atoms. The molecule has 114 valence electrons. The molecule has 0 N–H and O–H groups in total. The minimum Gasteiger partial charge on any atom is -0.382 e. The molecule has 1 saturated carbocycles. The SMILES string of the molecule is CCOCC.c1ccc(CCOC2CCCCC2)cc1. The Balaban J connectivity index is 0.000000347. The van der Waals surface area contributed by atoms with Crippen LogP contribution in [0.15, 0.2) is 30.3 Å². The van der Waals surface area contributed by atoms with Crippen molar-refractivity contribution >= 4 is 0 Å².